The van der Waals surface area contributed by atoms with E-state index in [9.17, 15) is 4.79 Å². The van der Waals surface area contributed by atoms with Crippen LogP contribution < -0.4 is 0 Å². The Morgan fingerprint density at radius 1 is 1.53 bits per heavy atom. The summed E-state index contributed by atoms with van der Waals surface area (Å²) in [5, 5.41) is 0. The number of esters is 1. The largest absolute Gasteiger partial charge is 0.469 e. The number of pyridine rings is 1. The van der Waals surface area contributed by atoms with Crippen LogP contribution in [0.3, 0.4) is 0 Å². The van der Waals surface area contributed by atoms with Crippen molar-refractivity contribution in [3.05, 3.63) is 30.1 Å². The minimum Gasteiger partial charge on any atom is -0.469 e. The topological polar surface area (TPSA) is 48.4 Å². The van der Waals surface area contributed by atoms with E-state index in [-0.39, 0.29) is 11.6 Å². The van der Waals surface area contributed by atoms with Gasteiger partial charge in [0.2, 0.25) is 0 Å². The quantitative estimate of drug-likeness (QED) is 0.733. The number of carbonyl (C=O) groups is 1. The Bertz CT molecular complexity index is 374. The van der Waals surface area contributed by atoms with Gasteiger partial charge in [-0.25, -0.2) is 0 Å². The lowest BCUT2D eigenvalue weighted by Gasteiger charge is -2.40. The first kappa shape index (κ1) is 12.0. The molecule has 0 saturated heterocycles. The van der Waals surface area contributed by atoms with Gasteiger partial charge in [0.05, 0.1) is 25.7 Å². The smallest absolute Gasteiger partial charge is 0.308 e. The summed E-state index contributed by atoms with van der Waals surface area (Å²) in [4.78, 5) is 15.4. The number of nitrogens with zero attached hydrogens (tertiary/aromatic N) is 1. The third-order valence-corrected chi connectivity index (χ3v) is 3.23. The molecule has 1 fully saturated rings. The van der Waals surface area contributed by atoms with Crippen LogP contribution in [0.5, 0.6) is 0 Å². The highest BCUT2D eigenvalue weighted by molar-refractivity contribution is 5.70. The second-order valence-corrected chi connectivity index (χ2v) is 4.44. The molecule has 0 spiro atoms. The van der Waals surface area contributed by atoms with E-state index in [4.69, 9.17) is 9.47 Å². The van der Waals surface area contributed by atoms with Crippen LogP contribution in [-0.4, -0.2) is 23.7 Å². The van der Waals surface area contributed by atoms with Gasteiger partial charge in [-0.15, -0.1) is 0 Å². The van der Waals surface area contributed by atoms with Crippen molar-refractivity contribution in [2.45, 2.75) is 37.9 Å². The van der Waals surface area contributed by atoms with Gasteiger partial charge in [0, 0.05) is 12.4 Å². The molecular formula is C13H17NO3. The maximum Gasteiger partial charge on any atom is 0.308 e. The number of hydrogen-bond donors (Lipinski definition) is 0. The normalized spacial score (nSPS) is 17.2. The lowest BCUT2D eigenvalue weighted by molar-refractivity contribution is -0.159. The van der Waals surface area contributed by atoms with E-state index in [2.05, 4.69) is 4.98 Å². The minimum absolute atomic E-state index is 0.198. The van der Waals surface area contributed by atoms with Gasteiger partial charge >= 0.3 is 5.97 Å². The number of carbonyl (C=O) groups excluding carboxylic acids is 1. The van der Waals surface area contributed by atoms with Crippen molar-refractivity contribution in [1.29, 1.82) is 0 Å². The van der Waals surface area contributed by atoms with Crippen LogP contribution in [0, 0.1) is 0 Å². The van der Waals surface area contributed by atoms with Crippen molar-refractivity contribution < 1.29 is 14.3 Å². The molecule has 17 heavy (non-hydrogen) atoms. The van der Waals surface area contributed by atoms with E-state index in [1.165, 1.54) is 7.11 Å². The van der Waals surface area contributed by atoms with Crippen molar-refractivity contribution in [1.82, 2.24) is 4.98 Å². The molecule has 0 aromatic carbocycles. The van der Waals surface area contributed by atoms with Gasteiger partial charge in [-0.05, 0) is 30.9 Å². The van der Waals surface area contributed by atoms with Crippen molar-refractivity contribution >= 4 is 5.97 Å². The highest BCUT2D eigenvalue weighted by Gasteiger charge is 2.40. The SMILES string of the molecule is COC(=O)CC1(OCc2cccnc2)CCC1. The Labute approximate surface area is 101 Å². The summed E-state index contributed by atoms with van der Waals surface area (Å²) in [7, 11) is 1.41. The fourth-order valence-electron chi connectivity index (χ4n) is 2.00. The number of methoxy groups -OCH3 is 1. The molecule has 0 unspecified atom stereocenters. The standard InChI is InChI=1S/C13H17NO3/c1-16-12(15)8-13(5-3-6-13)17-10-11-4-2-7-14-9-11/h2,4,7,9H,3,5-6,8,10H2,1H3. The summed E-state index contributed by atoms with van der Waals surface area (Å²) in [5.41, 5.74) is 0.729. The van der Waals surface area contributed by atoms with E-state index < -0.39 is 0 Å². The third-order valence-electron chi connectivity index (χ3n) is 3.23. The zero-order valence-corrected chi connectivity index (χ0v) is 10.0. The van der Waals surface area contributed by atoms with Gasteiger partial charge in [-0.1, -0.05) is 6.07 Å². The average molecular weight is 235 g/mol. The summed E-state index contributed by atoms with van der Waals surface area (Å²) in [6.45, 7) is 0.505. The molecule has 4 nitrogen and oxygen atoms in total. The van der Waals surface area contributed by atoms with Gasteiger partial charge in [0.25, 0.3) is 0 Å². The lowest BCUT2D eigenvalue weighted by atomic mass is 9.77. The molecule has 1 saturated carbocycles. The average Bonchev–Trinajstić information content (AvgIpc) is 2.33. The Hall–Kier alpha value is -1.42. The van der Waals surface area contributed by atoms with Crippen LogP contribution in [0.25, 0.3) is 0 Å². The number of aromatic nitrogens is 1. The molecule has 4 heteroatoms. The Kier molecular flexibility index (Phi) is 3.74. The Morgan fingerprint density at radius 3 is 2.88 bits per heavy atom. The second-order valence-electron chi connectivity index (χ2n) is 4.44. The zero-order valence-electron chi connectivity index (χ0n) is 10.0. The molecule has 1 aromatic rings. The van der Waals surface area contributed by atoms with Gasteiger partial charge in [-0.3, -0.25) is 9.78 Å². The van der Waals surface area contributed by atoms with Crippen LogP contribution in [0.15, 0.2) is 24.5 Å². The number of rotatable bonds is 5. The second kappa shape index (κ2) is 5.27. The molecule has 2 rings (SSSR count). The molecule has 0 amide bonds. The van der Waals surface area contributed by atoms with E-state index in [1.54, 1.807) is 12.4 Å². The van der Waals surface area contributed by atoms with Crippen LogP contribution in [0.1, 0.15) is 31.2 Å². The monoisotopic (exact) mass is 235 g/mol. The predicted molar refractivity (Wildman–Crippen MR) is 62.2 cm³/mol. The third kappa shape index (κ3) is 3.03. The predicted octanol–water partition coefficient (Wildman–Crippen LogP) is 2.08. The van der Waals surface area contributed by atoms with Crippen molar-refractivity contribution in [3.8, 4) is 0 Å². The van der Waals surface area contributed by atoms with Crippen LogP contribution >= 0.6 is 0 Å². The highest BCUT2D eigenvalue weighted by Crippen LogP contribution is 2.39. The maximum atomic E-state index is 11.3. The Balaban J connectivity index is 1.89. The summed E-state index contributed by atoms with van der Waals surface area (Å²) < 4.78 is 10.6. The van der Waals surface area contributed by atoms with Crippen molar-refractivity contribution in [2.24, 2.45) is 0 Å². The minimum atomic E-state index is -0.303. The number of hydrogen-bond acceptors (Lipinski definition) is 4. The summed E-state index contributed by atoms with van der Waals surface area (Å²) in [5.74, 6) is -0.198. The first-order valence-electron chi connectivity index (χ1n) is 5.84. The highest BCUT2D eigenvalue weighted by atomic mass is 16.5. The van der Waals surface area contributed by atoms with Gasteiger partial charge in [0.15, 0.2) is 0 Å². The molecular weight excluding hydrogens is 218 g/mol. The van der Waals surface area contributed by atoms with E-state index in [1.807, 2.05) is 12.1 Å². The van der Waals surface area contributed by atoms with Crippen molar-refractivity contribution in [3.63, 3.8) is 0 Å². The van der Waals surface area contributed by atoms with E-state index >= 15 is 0 Å². The summed E-state index contributed by atoms with van der Waals surface area (Å²) in [6.07, 6.45) is 6.85. The van der Waals surface area contributed by atoms with Crippen LogP contribution in [0.4, 0.5) is 0 Å². The molecule has 0 aliphatic heterocycles. The fourth-order valence-corrected chi connectivity index (χ4v) is 2.00. The fraction of sp³-hybridized carbons (Fsp3) is 0.538. The van der Waals surface area contributed by atoms with Gasteiger partial charge in [-0.2, -0.15) is 0 Å². The molecule has 0 N–H and O–H groups in total. The molecule has 1 aliphatic rings. The van der Waals surface area contributed by atoms with Crippen LogP contribution in [0.2, 0.25) is 0 Å². The number of ether oxygens (including phenoxy) is 2. The van der Waals surface area contributed by atoms with Gasteiger partial charge < -0.3 is 9.47 Å². The Morgan fingerprint density at radius 2 is 2.35 bits per heavy atom. The molecule has 1 heterocycles. The molecule has 0 radical (unpaired) electrons. The van der Waals surface area contributed by atoms with E-state index in [0.717, 1.165) is 24.8 Å². The molecule has 1 aromatic heterocycles. The molecule has 0 bridgehead atoms. The lowest BCUT2D eigenvalue weighted by Crippen LogP contribution is -2.42. The first-order chi connectivity index (χ1) is 8.24. The maximum absolute atomic E-state index is 11.3. The summed E-state index contributed by atoms with van der Waals surface area (Å²) >= 11 is 0. The van der Waals surface area contributed by atoms with Crippen LogP contribution in [-0.2, 0) is 20.9 Å². The van der Waals surface area contributed by atoms with Crippen molar-refractivity contribution in [2.75, 3.05) is 7.11 Å². The molecule has 92 valence electrons. The summed E-state index contributed by atoms with van der Waals surface area (Å²) in [6, 6.07) is 3.85. The first-order valence-corrected chi connectivity index (χ1v) is 5.84. The van der Waals surface area contributed by atoms with Gasteiger partial charge in [0.1, 0.15) is 0 Å². The molecule has 0 atom stereocenters. The zero-order chi connectivity index (χ0) is 12.1. The molecule has 1 aliphatic carbocycles. The van der Waals surface area contributed by atoms with E-state index in [0.29, 0.717) is 13.0 Å².